The molecule has 0 fully saturated rings. The summed E-state index contributed by atoms with van der Waals surface area (Å²) in [5, 5.41) is 0. The summed E-state index contributed by atoms with van der Waals surface area (Å²) in [4.78, 5) is 12.2. The van der Waals surface area contributed by atoms with E-state index >= 15 is 0 Å². The molecule has 0 bridgehead atoms. The number of hydrogen-bond acceptors (Lipinski definition) is 3. The van der Waals surface area contributed by atoms with Crippen LogP contribution in [0.3, 0.4) is 0 Å². The lowest BCUT2D eigenvalue weighted by Gasteiger charge is -2.20. The average molecular weight is 417 g/mol. The summed E-state index contributed by atoms with van der Waals surface area (Å²) in [6, 6.07) is 10.4. The Morgan fingerprint density at radius 2 is 1.68 bits per heavy atom. The topological polar surface area (TPSA) is 35.5 Å². The van der Waals surface area contributed by atoms with Crippen LogP contribution in [-0.4, -0.2) is 17.9 Å². The average Bonchev–Trinajstić information content (AvgIpc) is 2.43. The summed E-state index contributed by atoms with van der Waals surface area (Å²) in [6.45, 7) is 5.26. The first-order chi connectivity index (χ1) is 11.4. The van der Waals surface area contributed by atoms with E-state index in [2.05, 4.69) is 20.7 Å². The van der Waals surface area contributed by atoms with Crippen molar-refractivity contribution in [2.45, 2.75) is 32.7 Å². The molecule has 0 saturated heterocycles. The van der Waals surface area contributed by atoms with Crippen LogP contribution >= 0.6 is 15.9 Å². The number of carbonyl (C=O) groups is 1. The van der Waals surface area contributed by atoms with E-state index in [1.165, 1.54) is 18.2 Å². The molecule has 134 valence electrons. The van der Waals surface area contributed by atoms with E-state index < -0.39 is 17.9 Å². The van der Waals surface area contributed by atoms with Crippen molar-refractivity contribution in [2.75, 3.05) is 0 Å². The summed E-state index contributed by atoms with van der Waals surface area (Å²) in [5.74, 6) is -0.846. The van der Waals surface area contributed by atoms with Gasteiger partial charge in [-0.3, -0.25) is 0 Å². The Kier molecular flexibility index (Phi) is 5.46. The lowest BCUT2D eigenvalue weighted by atomic mass is 10.0. The monoisotopic (exact) mass is 416 g/mol. The highest BCUT2D eigenvalue weighted by Crippen LogP contribution is 2.30. The van der Waals surface area contributed by atoms with Gasteiger partial charge in [-0.05, 0) is 62.2 Å². The predicted molar refractivity (Wildman–Crippen MR) is 91.4 cm³/mol. The van der Waals surface area contributed by atoms with Crippen LogP contribution in [0.2, 0.25) is 0 Å². The Balaban J connectivity index is 2.37. The zero-order valence-corrected chi connectivity index (χ0v) is 15.4. The molecule has 0 N–H and O–H groups in total. The number of benzene rings is 2. The summed E-state index contributed by atoms with van der Waals surface area (Å²) >= 11 is 3.31. The zero-order chi connectivity index (χ0) is 18.8. The second-order valence-electron chi connectivity index (χ2n) is 6.31. The third kappa shape index (κ3) is 6.08. The minimum Gasteiger partial charge on any atom is -0.456 e. The molecule has 0 saturated carbocycles. The number of halogens is 4. The Hall–Kier alpha value is -2.02. The van der Waals surface area contributed by atoms with Crippen LogP contribution in [0.5, 0.6) is 5.75 Å². The molecule has 0 unspecified atom stereocenters. The van der Waals surface area contributed by atoms with Crippen molar-refractivity contribution in [3.8, 4) is 16.9 Å². The smallest absolute Gasteiger partial charge is 0.456 e. The van der Waals surface area contributed by atoms with Gasteiger partial charge in [-0.1, -0.05) is 28.1 Å². The van der Waals surface area contributed by atoms with Crippen LogP contribution in [0.1, 0.15) is 31.1 Å². The van der Waals surface area contributed by atoms with Crippen molar-refractivity contribution in [1.82, 2.24) is 0 Å². The minimum atomic E-state index is -4.77. The summed E-state index contributed by atoms with van der Waals surface area (Å²) in [7, 11) is 0. The number of alkyl halides is 3. The summed E-state index contributed by atoms with van der Waals surface area (Å²) < 4.78 is 47.0. The SMILES string of the molecule is CC(C)(C)OC(=O)c1cc(Br)cc(-c2cccc(OC(F)(F)F)c2)c1. The number of carbonyl (C=O) groups excluding carboxylic acids is 1. The Bertz CT molecular complexity index is 780. The van der Waals surface area contributed by atoms with Crippen molar-refractivity contribution < 1.29 is 27.4 Å². The number of esters is 1. The second-order valence-corrected chi connectivity index (χ2v) is 7.22. The van der Waals surface area contributed by atoms with Crippen LogP contribution in [0.15, 0.2) is 46.9 Å². The van der Waals surface area contributed by atoms with Gasteiger partial charge in [0.15, 0.2) is 0 Å². The van der Waals surface area contributed by atoms with Crippen LogP contribution in [0, 0.1) is 0 Å². The van der Waals surface area contributed by atoms with Crippen LogP contribution in [0.25, 0.3) is 11.1 Å². The van der Waals surface area contributed by atoms with Gasteiger partial charge >= 0.3 is 12.3 Å². The van der Waals surface area contributed by atoms with E-state index in [0.29, 0.717) is 21.2 Å². The van der Waals surface area contributed by atoms with E-state index in [1.807, 2.05) is 0 Å². The van der Waals surface area contributed by atoms with Gasteiger partial charge in [-0.15, -0.1) is 13.2 Å². The van der Waals surface area contributed by atoms with Crippen molar-refractivity contribution in [3.63, 3.8) is 0 Å². The molecule has 0 aliphatic carbocycles. The van der Waals surface area contributed by atoms with Crippen molar-refractivity contribution in [2.24, 2.45) is 0 Å². The van der Waals surface area contributed by atoms with Gasteiger partial charge < -0.3 is 9.47 Å². The molecule has 7 heteroatoms. The molecule has 0 atom stereocenters. The lowest BCUT2D eigenvalue weighted by Crippen LogP contribution is -2.23. The molecule has 2 aromatic carbocycles. The van der Waals surface area contributed by atoms with Gasteiger partial charge in [-0.2, -0.15) is 0 Å². The first-order valence-electron chi connectivity index (χ1n) is 7.33. The van der Waals surface area contributed by atoms with Crippen molar-refractivity contribution in [3.05, 3.63) is 52.5 Å². The fourth-order valence-electron chi connectivity index (χ4n) is 2.08. The van der Waals surface area contributed by atoms with E-state index in [1.54, 1.807) is 45.0 Å². The molecule has 0 heterocycles. The highest BCUT2D eigenvalue weighted by molar-refractivity contribution is 9.10. The van der Waals surface area contributed by atoms with Crippen LogP contribution in [-0.2, 0) is 4.74 Å². The predicted octanol–water partition coefficient (Wildman–Crippen LogP) is 5.97. The summed E-state index contributed by atoms with van der Waals surface area (Å²) in [6.07, 6.45) is -4.77. The van der Waals surface area contributed by atoms with Gasteiger partial charge in [-0.25, -0.2) is 4.79 Å². The normalized spacial score (nSPS) is 12.0. The Labute approximate surface area is 151 Å². The largest absolute Gasteiger partial charge is 0.573 e. The highest BCUT2D eigenvalue weighted by atomic mass is 79.9. The molecule has 2 rings (SSSR count). The molecule has 2 aromatic rings. The molecular formula is C18H16BrF3O3. The molecule has 0 aliphatic heterocycles. The second kappa shape index (κ2) is 7.07. The van der Waals surface area contributed by atoms with E-state index in [4.69, 9.17) is 4.74 Å². The highest BCUT2D eigenvalue weighted by Gasteiger charge is 2.31. The fraction of sp³-hybridized carbons (Fsp3) is 0.278. The van der Waals surface area contributed by atoms with Gasteiger partial charge in [0.2, 0.25) is 0 Å². The first kappa shape index (κ1) is 19.3. The van der Waals surface area contributed by atoms with Gasteiger partial charge in [0.05, 0.1) is 5.56 Å². The van der Waals surface area contributed by atoms with Crippen molar-refractivity contribution in [1.29, 1.82) is 0 Å². The summed E-state index contributed by atoms with van der Waals surface area (Å²) in [5.41, 5.74) is 0.678. The number of ether oxygens (including phenoxy) is 2. The molecule has 0 radical (unpaired) electrons. The molecule has 0 amide bonds. The molecule has 0 aromatic heterocycles. The van der Waals surface area contributed by atoms with E-state index in [-0.39, 0.29) is 5.75 Å². The Morgan fingerprint density at radius 1 is 1.00 bits per heavy atom. The molecule has 0 spiro atoms. The third-order valence-corrected chi connectivity index (χ3v) is 3.39. The zero-order valence-electron chi connectivity index (χ0n) is 13.8. The van der Waals surface area contributed by atoms with Crippen molar-refractivity contribution >= 4 is 21.9 Å². The van der Waals surface area contributed by atoms with E-state index in [9.17, 15) is 18.0 Å². The molecule has 3 nitrogen and oxygen atoms in total. The molecule has 25 heavy (non-hydrogen) atoms. The lowest BCUT2D eigenvalue weighted by molar-refractivity contribution is -0.274. The van der Waals surface area contributed by atoms with Crippen LogP contribution in [0.4, 0.5) is 13.2 Å². The standard InChI is InChI=1S/C18H16BrF3O3/c1-17(2,3)25-16(23)13-7-12(8-14(19)9-13)11-5-4-6-15(10-11)24-18(20,21)22/h4-10H,1-3H3. The molecule has 0 aliphatic rings. The Morgan fingerprint density at radius 3 is 2.28 bits per heavy atom. The number of hydrogen-bond donors (Lipinski definition) is 0. The fourth-order valence-corrected chi connectivity index (χ4v) is 2.58. The quantitative estimate of drug-likeness (QED) is 0.578. The maximum Gasteiger partial charge on any atom is 0.573 e. The first-order valence-corrected chi connectivity index (χ1v) is 8.12. The van der Waals surface area contributed by atoms with Gasteiger partial charge in [0.25, 0.3) is 0 Å². The van der Waals surface area contributed by atoms with Gasteiger partial charge in [0, 0.05) is 4.47 Å². The number of rotatable bonds is 3. The maximum atomic E-state index is 12.4. The van der Waals surface area contributed by atoms with Gasteiger partial charge in [0.1, 0.15) is 11.4 Å². The van der Waals surface area contributed by atoms with E-state index in [0.717, 1.165) is 0 Å². The third-order valence-electron chi connectivity index (χ3n) is 2.93. The minimum absolute atomic E-state index is 0.293. The molecular weight excluding hydrogens is 401 g/mol. The maximum absolute atomic E-state index is 12.4. The van der Waals surface area contributed by atoms with Crippen LogP contribution < -0.4 is 4.74 Å².